The van der Waals surface area contributed by atoms with Crippen molar-refractivity contribution in [2.24, 2.45) is 0 Å². The van der Waals surface area contributed by atoms with E-state index < -0.39 is 5.82 Å². The first-order chi connectivity index (χ1) is 18.4. The Morgan fingerprint density at radius 3 is 2.39 bits per heavy atom. The minimum atomic E-state index is -0.529. The number of nitrogens with zero attached hydrogens (tertiary/aromatic N) is 2. The molecule has 1 aliphatic rings. The number of carbonyl (C=O) groups is 2. The fraction of sp³-hybridized carbons (Fsp3) is 0.172. The average Bonchev–Trinajstić information content (AvgIpc) is 2.93. The maximum atomic E-state index is 14.1. The van der Waals surface area contributed by atoms with Crippen molar-refractivity contribution in [3.8, 4) is 5.75 Å². The third kappa shape index (κ3) is 5.06. The van der Waals surface area contributed by atoms with Gasteiger partial charge in [0.15, 0.2) is 0 Å². The minimum absolute atomic E-state index is 0.0656. The summed E-state index contributed by atoms with van der Waals surface area (Å²) >= 11 is 9.89. The number of nitrogens with one attached hydrogen (secondary N) is 1. The molecule has 0 bridgehead atoms. The smallest absolute Gasteiger partial charge is 0.259 e. The highest BCUT2D eigenvalue weighted by Gasteiger charge is 2.26. The lowest BCUT2D eigenvalue weighted by Crippen LogP contribution is -2.49. The molecule has 38 heavy (non-hydrogen) atoms. The van der Waals surface area contributed by atoms with Gasteiger partial charge in [0.2, 0.25) is 0 Å². The van der Waals surface area contributed by atoms with E-state index in [9.17, 15) is 14.0 Å². The van der Waals surface area contributed by atoms with Crippen LogP contribution >= 0.6 is 27.5 Å². The molecule has 1 N–H and O–H groups in total. The monoisotopic (exact) mass is 595 g/mol. The van der Waals surface area contributed by atoms with Crippen molar-refractivity contribution in [2.75, 3.05) is 43.5 Å². The Morgan fingerprint density at radius 1 is 0.947 bits per heavy atom. The van der Waals surface area contributed by atoms with Crippen LogP contribution in [0, 0.1) is 5.82 Å². The van der Waals surface area contributed by atoms with E-state index in [2.05, 4.69) is 26.1 Å². The first-order valence-corrected chi connectivity index (χ1v) is 13.2. The van der Waals surface area contributed by atoms with Gasteiger partial charge in [-0.1, -0.05) is 48.0 Å². The molecular formula is C29H24BrClFN3O3. The van der Waals surface area contributed by atoms with E-state index in [0.29, 0.717) is 52.7 Å². The third-order valence-electron chi connectivity index (χ3n) is 6.61. The molecule has 1 aliphatic heterocycles. The van der Waals surface area contributed by atoms with Gasteiger partial charge in [0.25, 0.3) is 11.8 Å². The molecule has 194 valence electrons. The quantitative estimate of drug-likeness (QED) is 0.281. The van der Waals surface area contributed by atoms with Crippen LogP contribution in [0.15, 0.2) is 77.3 Å². The van der Waals surface area contributed by atoms with Crippen LogP contribution in [-0.2, 0) is 0 Å². The van der Waals surface area contributed by atoms with Crippen LogP contribution < -0.4 is 15.0 Å². The third-order valence-corrected chi connectivity index (χ3v) is 7.63. The molecular weight excluding hydrogens is 573 g/mol. The van der Waals surface area contributed by atoms with Crippen molar-refractivity contribution in [1.82, 2.24) is 4.90 Å². The lowest BCUT2D eigenvalue weighted by Gasteiger charge is -2.37. The first-order valence-electron chi connectivity index (χ1n) is 12.0. The Hall–Kier alpha value is -3.62. The SMILES string of the molecule is COc1c(C(=O)Nc2cc(Cl)ccc2N2CCN(C(=O)c3ccccc3F)CC2)cc2ccccc2c1Br. The van der Waals surface area contributed by atoms with Crippen molar-refractivity contribution >= 4 is 61.5 Å². The van der Waals surface area contributed by atoms with Gasteiger partial charge >= 0.3 is 0 Å². The van der Waals surface area contributed by atoms with Gasteiger partial charge in [-0.05, 0) is 63.1 Å². The second-order valence-electron chi connectivity index (χ2n) is 8.87. The summed E-state index contributed by atoms with van der Waals surface area (Å²) in [6.45, 7) is 1.84. The molecule has 9 heteroatoms. The normalized spacial score (nSPS) is 13.5. The van der Waals surface area contributed by atoms with Gasteiger partial charge < -0.3 is 19.9 Å². The van der Waals surface area contributed by atoms with Gasteiger partial charge in [-0.25, -0.2) is 4.39 Å². The Bertz CT molecular complexity index is 1540. The first kappa shape index (κ1) is 26.0. The maximum absolute atomic E-state index is 14.1. The van der Waals surface area contributed by atoms with Crippen LogP contribution in [0.4, 0.5) is 15.8 Å². The molecule has 0 spiro atoms. The molecule has 0 aliphatic carbocycles. The summed E-state index contributed by atoms with van der Waals surface area (Å²) < 4.78 is 20.4. The number of rotatable bonds is 5. The van der Waals surface area contributed by atoms with E-state index >= 15 is 0 Å². The van der Waals surface area contributed by atoms with Crippen molar-refractivity contribution in [2.45, 2.75) is 0 Å². The minimum Gasteiger partial charge on any atom is -0.495 e. The molecule has 0 atom stereocenters. The Labute approximate surface area is 233 Å². The molecule has 0 aromatic heterocycles. The van der Waals surface area contributed by atoms with E-state index in [0.717, 1.165) is 16.5 Å². The summed E-state index contributed by atoms with van der Waals surface area (Å²) in [5, 5.41) is 5.31. The Morgan fingerprint density at radius 2 is 1.66 bits per heavy atom. The van der Waals surface area contributed by atoms with Crippen LogP contribution in [0.3, 0.4) is 0 Å². The second kappa shape index (κ2) is 11.0. The predicted molar refractivity (Wildman–Crippen MR) is 152 cm³/mol. The van der Waals surface area contributed by atoms with Gasteiger partial charge in [-0.2, -0.15) is 0 Å². The molecule has 5 rings (SSSR count). The topological polar surface area (TPSA) is 61.9 Å². The highest BCUT2D eigenvalue weighted by atomic mass is 79.9. The Kier molecular flexibility index (Phi) is 7.53. The molecule has 1 saturated heterocycles. The van der Waals surface area contributed by atoms with Crippen LogP contribution in [0.2, 0.25) is 5.02 Å². The summed E-state index contributed by atoms with van der Waals surface area (Å²) in [6, 6.07) is 20.8. The average molecular weight is 597 g/mol. The second-order valence-corrected chi connectivity index (χ2v) is 10.1. The molecule has 6 nitrogen and oxygen atoms in total. The number of amides is 2. The van der Waals surface area contributed by atoms with Gasteiger partial charge in [0.05, 0.1) is 34.1 Å². The summed E-state index contributed by atoms with van der Waals surface area (Å²) in [7, 11) is 1.53. The van der Waals surface area contributed by atoms with E-state index in [-0.39, 0.29) is 17.4 Å². The maximum Gasteiger partial charge on any atom is 0.259 e. The summed E-state index contributed by atoms with van der Waals surface area (Å²) in [5.41, 5.74) is 1.77. The Balaban J connectivity index is 1.38. The van der Waals surface area contributed by atoms with Crippen LogP contribution in [0.1, 0.15) is 20.7 Å². The number of hydrogen-bond donors (Lipinski definition) is 1. The number of halogens is 3. The molecule has 0 unspecified atom stereocenters. The zero-order valence-corrected chi connectivity index (χ0v) is 22.9. The number of fused-ring (bicyclic) bond motifs is 1. The number of piperazine rings is 1. The fourth-order valence-corrected chi connectivity index (χ4v) is 5.59. The largest absolute Gasteiger partial charge is 0.495 e. The number of carbonyl (C=O) groups excluding carboxylic acids is 2. The summed E-state index contributed by atoms with van der Waals surface area (Å²) in [4.78, 5) is 30.1. The van der Waals surface area contributed by atoms with Crippen molar-refractivity contribution < 1.29 is 18.7 Å². The van der Waals surface area contributed by atoms with Crippen molar-refractivity contribution in [3.05, 3.63) is 99.2 Å². The fourth-order valence-electron chi connectivity index (χ4n) is 4.68. The van der Waals surface area contributed by atoms with Gasteiger partial charge in [-0.15, -0.1) is 0 Å². The number of hydrogen-bond acceptors (Lipinski definition) is 4. The van der Waals surface area contributed by atoms with Gasteiger partial charge in [0, 0.05) is 31.2 Å². The number of anilines is 2. The van der Waals surface area contributed by atoms with Crippen LogP contribution in [0.5, 0.6) is 5.75 Å². The number of benzene rings is 4. The van der Waals surface area contributed by atoms with Gasteiger partial charge in [0.1, 0.15) is 11.6 Å². The zero-order valence-electron chi connectivity index (χ0n) is 20.5. The molecule has 1 fully saturated rings. The highest BCUT2D eigenvalue weighted by molar-refractivity contribution is 9.10. The lowest BCUT2D eigenvalue weighted by molar-refractivity contribution is 0.0742. The van der Waals surface area contributed by atoms with E-state index in [4.69, 9.17) is 16.3 Å². The predicted octanol–water partition coefficient (Wildman–Crippen LogP) is 6.62. The molecule has 4 aromatic carbocycles. The van der Waals surface area contributed by atoms with Crippen molar-refractivity contribution in [3.63, 3.8) is 0 Å². The standard InChI is InChI=1S/C29H24BrClFN3O3/c1-38-27-22(16-18-6-2-3-7-20(18)26(27)30)28(36)33-24-17-19(31)10-11-25(24)34-12-14-35(15-13-34)29(37)21-8-4-5-9-23(21)32/h2-11,16-17H,12-15H2,1H3,(H,33,36). The number of methoxy groups -OCH3 is 1. The van der Waals surface area contributed by atoms with Crippen LogP contribution in [-0.4, -0.2) is 50.0 Å². The van der Waals surface area contributed by atoms with Crippen LogP contribution in [0.25, 0.3) is 10.8 Å². The molecule has 4 aromatic rings. The molecule has 1 heterocycles. The van der Waals surface area contributed by atoms with E-state index in [1.165, 1.54) is 19.2 Å². The number of ether oxygens (including phenoxy) is 1. The summed E-state index contributed by atoms with van der Waals surface area (Å²) in [5.74, 6) is -0.769. The molecule has 0 saturated carbocycles. The van der Waals surface area contributed by atoms with Crippen molar-refractivity contribution in [1.29, 1.82) is 0 Å². The summed E-state index contributed by atoms with van der Waals surface area (Å²) in [6.07, 6.45) is 0. The zero-order chi connectivity index (χ0) is 26.8. The van der Waals surface area contributed by atoms with E-state index in [1.807, 2.05) is 30.3 Å². The van der Waals surface area contributed by atoms with Gasteiger partial charge in [-0.3, -0.25) is 9.59 Å². The van der Waals surface area contributed by atoms with E-state index in [1.54, 1.807) is 35.2 Å². The highest BCUT2D eigenvalue weighted by Crippen LogP contribution is 2.38. The molecule has 0 radical (unpaired) electrons. The molecule has 2 amide bonds. The lowest BCUT2D eigenvalue weighted by atomic mass is 10.0.